The number of hydrogen-bond acceptors (Lipinski definition) is 2. The zero-order valence-corrected chi connectivity index (χ0v) is 11.2. The average molecular weight is 304 g/mol. The molecule has 0 spiro atoms. The van der Waals surface area contributed by atoms with Gasteiger partial charge in [0, 0.05) is 6.04 Å². The zero-order valence-electron chi connectivity index (χ0n) is 11.2. The van der Waals surface area contributed by atoms with Gasteiger partial charge in [0.2, 0.25) is 5.91 Å². The molecule has 1 atom stereocenters. The van der Waals surface area contributed by atoms with Crippen molar-refractivity contribution in [1.82, 2.24) is 5.32 Å². The lowest BCUT2D eigenvalue weighted by Crippen LogP contribution is -2.39. The number of primary amides is 1. The summed E-state index contributed by atoms with van der Waals surface area (Å²) < 4.78 is 51.6. The Labute approximate surface area is 119 Å². The minimum Gasteiger partial charge on any atom is -0.368 e. The third kappa shape index (κ3) is 3.93. The lowest BCUT2D eigenvalue weighted by atomic mass is 10.0. The number of rotatable bonds is 4. The van der Waals surface area contributed by atoms with Crippen molar-refractivity contribution in [1.29, 1.82) is 0 Å². The standard InChI is InChI=1S/C14H16F4N2O/c15-10-6-8(5-9(7-10)14(16,17)18)12(13(19)21)20-11-3-1-2-4-11/h5-7,11-12,20H,1-4H2,(H2,19,21). The average Bonchev–Trinajstić information content (AvgIpc) is 2.86. The predicted octanol–water partition coefficient (Wildman–Crippen LogP) is 2.90. The molecule has 3 N–H and O–H groups in total. The number of hydrogen-bond donors (Lipinski definition) is 2. The summed E-state index contributed by atoms with van der Waals surface area (Å²) in [6.45, 7) is 0. The van der Waals surface area contributed by atoms with Crippen LogP contribution in [0, 0.1) is 5.82 Å². The van der Waals surface area contributed by atoms with Crippen LogP contribution in [0.2, 0.25) is 0 Å². The first-order valence-corrected chi connectivity index (χ1v) is 6.70. The van der Waals surface area contributed by atoms with Gasteiger partial charge in [-0.25, -0.2) is 4.39 Å². The van der Waals surface area contributed by atoms with Crippen molar-refractivity contribution in [3.05, 3.63) is 35.1 Å². The van der Waals surface area contributed by atoms with Crippen LogP contribution in [-0.2, 0) is 11.0 Å². The van der Waals surface area contributed by atoms with Gasteiger partial charge in [-0.15, -0.1) is 0 Å². The molecule has 0 aromatic heterocycles. The van der Waals surface area contributed by atoms with E-state index in [1.165, 1.54) is 0 Å². The van der Waals surface area contributed by atoms with E-state index in [0.29, 0.717) is 6.07 Å². The maximum absolute atomic E-state index is 13.4. The van der Waals surface area contributed by atoms with Gasteiger partial charge in [0.05, 0.1) is 5.56 Å². The summed E-state index contributed by atoms with van der Waals surface area (Å²) >= 11 is 0. The molecular formula is C14H16F4N2O. The quantitative estimate of drug-likeness (QED) is 0.840. The molecule has 7 heteroatoms. The number of halogens is 4. The molecule has 0 bridgehead atoms. The van der Waals surface area contributed by atoms with E-state index >= 15 is 0 Å². The van der Waals surface area contributed by atoms with E-state index in [1.54, 1.807) is 0 Å². The highest BCUT2D eigenvalue weighted by Gasteiger charge is 2.33. The van der Waals surface area contributed by atoms with E-state index in [-0.39, 0.29) is 11.6 Å². The third-order valence-corrected chi connectivity index (χ3v) is 3.62. The Morgan fingerprint density at radius 2 is 1.86 bits per heavy atom. The third-order valence-electron chi connectivity index (χ3n) is 3.62. The van der Waals surface area contributed by atoms with Crippen LogP contribution in [0.4, 0.5) is 17.6 Å². The van der Waals surface area contributed by atoms with Gasteiger partial charge in [0.1, 0.15) is 11.9 Å². The Kier molecular flexibility index (Phi) is 4.51. The molecule has 1 fully saturated rings. The van der Waals surface area contributed by atoms with Gasteiger partial charge in [0.15, 0.2) is 0 Å². The number of nitrogens with one attached hydrogen (secondary N) is 1. The molecular weight excluding hydrogens is 288 g/mol. The highest BCUT2D eigenvalue weighted by Crippen LogP contribution is 2.32. The largest absolute Gasteiger partial charge is 0.416 e. The fourth-order valence-corrected chi connectivity index (χ4v) is 2.61. The van der Waals surface area contributed by atoms with Crippen LogP contribution >= 0.6 is 0 Å². The second kappa shape index (κ2) is 6.01. The van der Waals surface area contributed by atoms with Crippen molar-refractivity contribution in [2.75, 3.05) is 0 Å². The van der Waals surface area contributed by atoms with Crippen LogP contribution in [-0.4, -0.2) is 11.9 Å². The molecule has 0 heterocycles. The van der Waals surface area contributed by atoms with Crippen LogP contribution in [0.3, 0.4) is 0 Å². The Morgan fingerprint density at radius 3 is 2.38 bits per heavy atom. The predicted molar refractivity (Wildman–Crippen MR) is 68.7 cm³/mol. The van der Waals surface area contributed by atoms with Gasteiger partial charge in [-0.1, -0.05) is 12.8 Å². The lowest BCUT2D eigenvalue weighted by Gasteiger charge is -2.21. The number of amides is 1. The Balaban J connectivity index is 2.31. The van der Waals surface area contributed by atoms with E-state index in [2.05, 4.69) is 5.32 Å². The molecule has 116 valence electrons. The number of carbonyl (C=O) groups excluding carboxylic acids is 1. The van der Waals surface area contributed by atoms with Crippen LogP contribution in [0.15, 0.2) is 18.2 Å². The topological polar surface area (TPSA) is 55.1 Å². The smallest absolute Gasteiger partial charge is 0.368 e. The summed E-state index contributed by atoms with van der Waals surface area (Å²) in [5.74, 6) is -1.86. The summed E-state index contributed by atoms with van der Waals surface area (Å²) in [5, 5.41) is 2.93. The number of carbonyl (C=O) groups is 1. The first kappa shape index (κ1) is 15.8. The zero-order chi connectivity index (χ0) is 15.6. The molecule has 2 rings (SSSR count). The Morgan fingerprint density at radius 1 is 1.24 bits per heavy atom. The fourth-order valence-electron chi connectivity index (χ4n) is 2.61. The van der Waals surface area contributed by atoms with Crippen molar-refractivity contribution >= 4 is 5.91 Å². The number of alkyl halides is 3. The van der Waals surface area contributed by atoms with Gasteiger partial charge in [0.25, 0.3) is 0 Å². The minimum absolute atomic E-state index is 0.0140. The molecule has 1 aliphatic rings. The van der Waals surface area contributed by atoms with E-state index in [9.17, 15) is 22.4 Å². The molecule has 1 amide bonds. The maximum Gasteiger partial charge on any atom is 0.416 e. The van der Waals surface area contributed by atoms with Gasteiger partial charge in [-0.2, -0.15) is 13.2 Å². The van der Waals surface area contributed by atoms with E-state index in [0.717, 1.165) is 37.8 Å². The Hall–Kier alpha value is -1.63. The van der Waals surface area contributed by atoms with Crippen molar-refractivity contribution in [3.8, 4) is 0 Å². The fraction of sp³-hybridized carbons (Fsp3) is 0.500. The lowest BCUT2D eigenvalue weighted by molar-refractivity contribution is -0.138. The normalized spacial score (nSPS) is 17.9. The molecule has 1 unspecified atom stereocenters. The van der Waals surface area contributed by atoms with Gasteiger partial charge in [-0.3, -0.25) is 10.1 Å². The molecule has 1 aliphatic carbocycles. The highest BCUT2D eigenvalue weighted by molar-refractivity contribution is 5.81. The minimum atomic E-state index is -4.67. The van der Waals surface area contributed by atoms with Crippen molar-refractivity contribution in [2.24, 2.45) is 5.73 Å². The SMILES string of the molecule is NC(=O)C(NC1CCCC1)c1cc(F)cc(C(F)(F)F)c1. The summed E-state index contributed by atoms with van der Waals surface area (Å²) in [4.78, 5) is 11.5. The number of benzene rings is 1. The maximum atomic E-state index is 13.4. The Bertz CT molecular complexity index is 524. The number of nitrogens with two attached hydrogens (primary N) is 1. The summed E-state index contributed by atoms with van der Waals surface area (Å²) in [6, 6.07) is 0.967. The first-order valence-electron chi connectivity index (χ1n) is 6.70. The summed E-state index contributed by atoms with van der Waals surface area (Å²) in [6.07, 6.45) is -1.05. The molecule has 3 nitrogen and oxygen atoms in total. The summed E-state index contributed by atoms with van der Waals surface area (Å²) in [5.41, 5.74) is 4.03. The van der Waals surface area contributed by atoms with E-state index in [1.807, 2.05) is 0 Å². The molecule has 1 aromatic rings. The molecule has 0 saturated heterocycles. The van der Waals surface area contributed by atoms with Crippen LogP contribution < -0.4 is 11.1 Å². The van der Waals surface area contributed by atoms with Crippen LogP contribution in [0.1, 0.15) is 42.9 Å². The molecule has 0 radical (unpaired) electrons. The summed E-state index contributed by atoms with van der Waals surface area (Å²) in [7, 11) is 0. The monoisotopic (exact) mass is 304 g/mol. The van der Waals surface area contributed by atoms with Crippen molar-refractivity contribution in [2.45, 2.75) is 43.9 Å². The second-order valence-corrected chi connectivity index (χ2v) is 5.25. The van der Waals surface area contributed by atoms with Crippen LogP contribution in [0.25, 0.3) is 0 Å². The highest BCUT2D eigenvalue weighted by atomic mass is 19.4. The van der Waals surface area contributed by atoms with Crippen molar-refractivity contribution in [3.63, 3.8) is 0 Å². The first-order chi connectivity index (χ1) is 9.77. The molecule has 0 aliphatic heterocycles. The van der Waals surface area contributed by atoms with Crippen LogP contribution in [0.5, 0.6) is 0 Å². The molecule has 21 heavy (non-hydrogen) atoms. The molecule has 1 saturated carbocycles. The van der Waals surface area contributed by atoms with Gasteiger partial charge >= 0.3 is 6.18 Å². The van der Waals surface area contributed by atoms with E-state index < -0.39 is 29.5 Å². The molecule has 1 aromatic carbocycles. The van der Waals surface area contributed by atoms with Gasteiger partial charge in [-0.05, 0) is 36.6 Å². The van der Waals surface area contributed by atoms with Crippen molar-refractivity contribution < 1.29 is 22.4 Å². The van der Waals surface area contributed by atoms with Gasteiger partial charge < -0.3 is 5.73 Å². The van der Waals surface area contributed by atoms with E-state index in [4.69, 9.17) is 5.73 Å². The second-order valence-electron chi connectivity index (χ2n) is 5.25.